The first-order chi connectivity index (χ1) is 13.3. The van der Waals surface area contributed by atoms with Crippen LogP contribution in [0.3, 0.4) is 0 Å². The summed E-state index contributed by atoms with van der Waals surface area (Å²) in [6.07, 6.45) is 3.87. The molecule has 1 aromatic carbocycles. The summed E-state index contributed by atoms with van der Waals surface area (Å²) in [6.45, 7) is 1.63. The van der Waals surface area contributed by atoms with Gasteiger partial charge in [-0.2, -0.15) is 4.31 Å². The molecule has 0 unspecified atom stereocenters. The molecule has 1 aliphatic carbocycles. The number of halogens is 1. The first kappa shape index (κ1) is 19.5. The van der Waals surface area contributed by atoms with Crippen LogP contribution in [-0.2, 0) is 19.6 Å². The fourth-order valence-corrected chi connectivity index (χ4v) is 5.93. The molecule has 152 valence electrons. The van der Waals surface area contributed by atoms with E-state index in [1.165, 1.54) is 21.3 Å². The Morgan fingerprint density at radius 3 is 2.18 bits per heavy atom. The van der Waals surface area contributed by atoms with Gasteiger partial charge in [-0.3, -0.25) is 19.4 Å². The second-order valence-corrected chi connectivity index (χ2v) is 9.85. The maximum Gasteiger partial charge on any atom is 0.243 e. The number of benzene rings is 1. The monoisotopic (exact) mass is 409 g/mol. The number of likely N-dealkylation sites (tertiary alicyclic amines) is 1. The number of nitrogens with zero attached hydrogens (tertiary/aromatic N) is 3. The maximum absolute atomic E-state index is 13.1. The van der Waals surface area contributed by atoms with Crippen molar-refractivity contribution in [2.24, 2.45) is 5.41 Å². The van der Waals surface area contributed by atoms with E-state index in [2.05, 4.69) is 0 Å². The number of hydrogen-bond donors (Lipinski definition) is 0. The van der Waals surface area contributed by atoms with E-state index in [0.29, 0.717) is 19.5 Å². The molecule has 2 amide bonds. The third kappa shape index (κ3) is 3.35. The summed E-state index contributed by atoms with van der Waals surface area (Å²) in [5.41, 5.74) is -0.481. The molecule has 2 heterocycles. The molecule has 1 saturated carbocycles. The van der Waals surface area contributed by atoms with Crippen molar-refractivity contribution in [1.82, 2.24) is 14.1 Å². The van der Waals surface area contributed by atoms with Crippen molar-refractivity contribution in [1.29, 1.82) is 0 Å². The van der Waals surface area contributed by atoms with Crippen LogP contribution in [0.4, 0.5) is 4.39 Å². The highest BCUT2D eigenvalue weighted by molar-refractivity contribution is 7.89. The zero-order valence-electron chi connectivity index (χ0n) is 15.6. The highest BCUT2D eigenvalue weighted by Gasteiger charge is 2.52. The van der Waals surface area contributed by atoms with Crippen molar-refractivity contribution in [2.45, 2.75) is 37.0 Å². The van der Waals surface area contributed by atoms with E-state index in [1.54, 1.807) is 0 Å². The third-order valence-electron chi connectivity index (χ3n) is 6.17. The molecule has 3 fully saturated rings. The second kappa shape index (κ2) is 7.20. The van der Waals surface area contributed by atoms with Crippen LogP contribution in [0, 0.1) is 11.2 Å². The number of carbonyl (C=O) groups excluding carboxylic acids is 2. The van der Waals surface area contributed by atoms with Gasteiger partial charge in [-0.25, -0.2) is 12.8 Å². The Labute approximate surface area is 164 Å². The van der Waals surface area contributed by atoms with Crippen LogP contribution < -0.4 is 0 Å². The molecular formula is C19H24FN3O4S. The van der Waals surface area contributed by atoms with Gasteiger partial charge >= 0.3 is 0 Å². The molecule has 7 nitrogen and oxygen atoms in total. The lowest BCUT2D eigenvalue weighted by molar-refractivity contribution is -0.144. The van der Waals surface area contributed by atoms with Crippen LogP contribution in [0.1, 0.15) is 32.1 Å². The number of rotatable bonds is 4. The van der Waals surface area contributed by atoms with Gasteiger partial charge in [0, 0.05) is 32.6 Å². The fraction of sp³-hybridized carbons (Fsp3) is 0.579. The number of sulfonamides is 1. The molecule has 2 aliphatic heterocycles. The van der Waals surface area contributed by atoms with Crippen LogP contribution in [0.25, 0.3) is 0 Å². The van der Waals surface area contributed by atoms with Crippen molar-refractivity contribution >= 4 is 21.8 Å². The van der Waals surface area contributed by atoms with E-state index in [-0.39, 0.29) is 36.5 Å². The Hall–Kier alpha value is -1.84. The van der Waals surface area contributed by atoms with Crippen LogP contribution in [-0.4, -0.2) is 67.2 Å². The molecule has 28 heavy (non-hydrogen) atoms. The summed E-state index contributed by atoms with van der Waals surface area (Å²) in [7, 11) is -3.68. The van der Waals surface area contributed by atoms with Gasteiger partial charge in [0.2, 0.25) is 21.8 Å². The standard InChI is InChI=1S/C19H24FN3O4S/c20-15-3-5-16(6-4-15)28(26,27)22-11-9-21(10-12-22)14-23-17(24)13-19(18(23)25)7-1-2-8-19/h3-6H,1-2,7-14H2. The minimum atomic E-state index is -3.68. The minimum Gasteiger partial charge on any atom is -0.283 e. The topological polar surface area (TPSA) is 78.0 Å². The van der Waals surface area contributed by atoms with Gasteiger partial charge < -0.3 is 0 Å². The summed E-state index contributed by atoms with van der Waals surface area (Å²) in [5, 5.41) is 0. The predicted octanol–water partition coefficient (Wildman–Crippen LogP) is 1.41. The van der Waals surface area contributed by atoms with Crippen molar-refractivity contribution in [3.8, 4) is 0 Å². The van der Waals surface area contributed by atoms with E-state index >= 15 is 0 Å². The lowest BCUT2D eigenvalue weighted by atomic mass is 9.85. The fourth-order valence-electron chi connectivity index (χ4n) is 4.51. The molecule has 1 spiro atoms. The molecular weight excluding hydrogens is 385 g/mol. The molecule has 0 radical (unpaired) electrons. The van der Waals surface area contributed by atoms with E-state index in [0.717, 1.165) is 37.8 Å². The molecule has 0 atom stereocenters. The summed E-state index contributed by atoms with van der Waals surface area (Å²) in [4.78, 5) is 28.6. The number of piperazine rings is 1. The Bertz CT molecular complexity index is 873. The molecule has 1 aromatic rings. The molecule has 3 aliphatic rings. The number of carbonyl (C=O) groups is 2. The van der Waals surface area contributed by atoms with Crippen LogP contribution in [0.2, 0.25) is 0 Å². The van der Waals surface area contributed by atoms with Crippen LogP contribution in [0.15, 0.2) is 29.2 Å². The van der Waals surface area contributed by atoms with Crippen molar-refractivity contribution < 1.29 is 22.4 Å². The molecule has 9 heteroatoms. The quantitative estimate of drug-likeness (QED) is 0.703. The third-order valence-corrected chi connectivity index (χ3v) is 8.09. The average Bonchev–Trinajstić information content (AvgIpc) is 3.23. The van der Waals surface area contributed by atoms with Crippen molar-refractivity contribution in [3.05, 3.63) is 30.1 Å². The zero-order valence-corrected chi connectivity index (χ0v) is 16.5. The van der Waals surface area contributed by atoms with E-state index in [4.69, 9.17) is 0 Å². The molecule has 0 N–H and O–H groups in total. The Morgan fingerprint density at radius 1 is 0.964 bits per heavy atom. The second-order valence-electron chi connectivity index (χ2n) is 7.91. The summed E-state index contributed by atoms with van der Waals surface area (Å²) in [5.74, 6) is -0.659. The lowest BCUT2D eigenvalue weighted by Crippen LogP contribution is -2.52. The van der Waals surface area contributed by atoms with E-state index in [1.807, 2.05) is 4.90 Å². The molecule has 0 bridgehead atoms. The van der Waals surface area contributed by atoms with Crippen LogP contribution >= 0.6 is 0 Å². The van der Waals surface area contributed by atoms with Gasteiger partial charge in [0.25, 0.3) is 0 Å². The summed E-state index contributed by atoms with van der Waals surface area (Å²) in [6, 6.07) is 4.79. The van der Waals surface area contributed by atoms with Gasteiger partial charge in [0.1, 0.15) is 5.82 Å². The van der Waals surface area contributed by atoms with Gasteiger partial charge in [0.15, 0.2) is 0 Å². The summed E-state index contributed by atoms with van der Waals surface area (Å²) < 4.78 is 39.8. The van der Waals surface area contributed by atoms with Crippen LogP contribution in [0.5, 0.6) is 0 Å². The maximum atomic E-state index is 13.1. The number of amides is 2. The first-order valence-electron chi connectivity index (χ1n) is 9.65. The SMILES string of the molecule is O=C1CC2(CCCC2)C(=O)N1CN1CCN(S(=O)(=O)c2ccc(F)cc2)CC1. The highest BCUT2D eigenvalue weighted by atomic mass is 32.2. The zero-order chi connectivity index (χ0) is 19.9. The first-order valence-corrected chi connectivity index (χ1v) is 11.1. The van der Waals surface area contributed by atoms with Crippen molar-refractivity contribution in [3.63, 3.8) is 0 Å². The average molecular weight is 409 g/mol. The van der Waals surface area contributed by atoms with Crippen molar-refractivity contribution in [2.75, 3.05) is 32.8 Å². The van der Waals surface area contributed by atoms with Gasteiger partial charge in [0.05, 0.1) is 17.0 Å². The van der Waals surface area contributed by atoms with E-state index in [9.17, 15) is 22.4 Å². The summed E-state index contributed by atoms with van der Waals surface area (Å²) >= 11 is 0. The van der Waals surface area contributed by atoms with E-state index < -0.39 is 21.3 Å². The molecule has 4 rings (SSSR count). The normalized spacial score (nSPS) is 23.8. The Balaban J connectivity index is 1.37. The highest BCUT2D eigenvalue weighted by Crippen LogP contribution is 2.46. The van der Waals surface area contributed by atoms with Gasteiger partial charge in [-0.15, -0.1) is 0 Å². The smallest absolute Gasteiger partial charge is 0.243 e. The lowest BCUT2D eigenvalue weighted by Gasteiger charge is -2.35. The Kier molecular flexibility index (Phi) is 5.01. The predicted molar refractivity (Wildman–Crippen MR) is 99.0 cm³/mol. The van der Waals surface area contributed by atoms with Gasteiger partial charge in [-0.1, -0.05) is 12.8 Å². The Morgan fingerprint density at radius 2 is 1.57 bits per heavy atom. The number of imide groups is 1. The molecule has 2 saturated heterocycles. The minimum absolute atomic E-state index is 0.0589. The van der Waals surface area contributed by atoms with Gasteiger partial charge in [-0.05, 0) is 37.1 Å². The number of hydrogen-bond acceptors (Lipinski definition) is 5. The largest absolute Gasteiger partial charge is 0.283 e. The molecule has 0 aromatic heterocycles.